The number of carbonyl (C=O) groups is 1. The number of benzene rings is 1. The monoisotopic (exact) mass is 334 g/mol. The lowest BCUT2D eigenvalue weighted by Gasteiger charge is -2.26. The third-order valence-corrected chi connectivity index (χ3v) is 4.09. The molecular formula is C15H18ClF3N2O. The molecule has 0 radical (unpaired) electrons. The minimum absolute atomic E-state index is 0.0490. The minimum atomic E-state index is -4.31. The van der Waals surface area contributed by atoms with Crippen molar-refractivity contribution in [1.82, 2.24) is 10.2 Å². The van der Waals surface area contributed by atoms with E-state index in [0.29, 0.717) is 11.4 Å². The molecule has 1 heterocycles. The number of carbonyl (C=O) groups excluding carboxylic acids is 1. The molecule has 1 aliphatic heterocycles. The van der Waals surface area contributed by atoms with E-state index in [1.165, 1.54) is 0 Å². The molecule has 22 heavy (non-hydrogen) atoms. The Morgan fingerprint density at radius 2 is 2.00 bits per heavy atom. The van der Waals surface area contributed by atoms with Gasteiger partial charge in [0, 0.05) is 24.0 Å². The second-order valence-electron chi connectivity index (χ2n) is 5.55. The molecule has 122 valence electrons. The molecule has 0 aromatic heterocycles. The minimum Gasteiger partial charge on any atom is -0.351 e. The van der Waals surface area contributed by atoms with E-state index in [0.717, 1.165) is 12.1 Å². The molecule has 0 unspecified atom stereocenters. The van der Waals surface area contributed by atoms with Crippen molar-refractivity contribution in [1.29, 1.82) is 0 Å². The summed E-state index contributed by atoms with van der Waals surface area (Å²) in [4.78, 5) is 13.8. The summed E-state index contributed by atoms with van der Waals surface area (Å²) in [6, 6.07) is 7.06. The van der Waals surface area contributed by atoms with Gasteiger partial charge in [-0.3, -0.25) is 9.69 Å². The highest BCUT2D eigenvalue weighted by Gasteiger charge is 2.35. The van der Waals surface area contributed by atoms with E-state index in [1.807, 2.05) is 19.2 Å². The second-order valence-corrected chi connectivity index (χ2v) is 5.99. The predicted molar refractivity (Wildman–Crippen MR) is 78.7 cm³/mol. The van der Waals surface area contributed by atoms with Gasteiger partial charge in [-0.25, -0.2) is 0 Å². The van der Waals surface area contributed by atoms with E-state index in [1.54, 1.807) is 12.1 Å². The lowest BCUT2D eigenvalue weighted by atomic mass is 10.00. The number of alkyl halides is 3. The number of halogens is 4. The van der Waals surface area contributed by atoms with Gasteiger partial charge in [-0.2, -0.15) is 13.2 Å². The van der Waals surface area contributed by atoms with E-state index < -0.39 is 24.9 Å². The summed E-state index contributed by atoms with van der Waals surface area (Å²) in [7, 11) is 1.93. The average Bonchev–Trinajstić information content (AvgIpc) is 2.78. The molecule has 1 amide bonds. The van der Waals surface area contributed by atoms with E-state index in [9.17, 15) is 18.0 Å². The number of likely N-dealkylation sites (tertiary alicyclic amines) is 1. The Balaban J connectivity index is 2.00. The quantitative estimate of drug-likeness (QED) is 0.913. The Labute approximate surface area is 132 Å². The van der Waals surface area contributed by atoms with E-state index >= 15 is 0 Å². The zero-order valence-electron chi connectivity index (χ0n) is 12.2. The van der Waals surface area contributed by atoms with E-state index in [-0.39, 0.29) is 12.1 Å². The summed E-state index contributed by atoms with van der Waals surface area (Å²) in [6.07, 6.45) is -5.22. The summed E-state index contributed by atoms with van der Waals surface area (Å²) in [5.41, 5.74) is 0.991. The van der Waals surface area contributed by atoms with Crippen LogP contribution >= 0.6 is 11.6 Å². The van der Waals surface area contributed by atoms with Crippen molar-refractivity contribution in [2.24, 2.45) is 0 Å². The lowest BCUT2D eigenvalue weighted by molar-refractivity contribution is -0.144. The SMILES string of the molecule is CN1CC[C@@H](NC(=O)CCC(F)(F)F)[C@H]1c1ccc(Cl)cc1. The first kappa shape index (κ1) is 17.1. The zero-order chi connectivity index (χ0) is 16.3. The summed E-state index contributed by atoms with van der Waals surface area (Å²) in [5.74, 6) is -0.559. The molecule has 1 saturated heterocycles. The third-order valence-electron chi connectivity index (χ3n) is 3.84. The Morgan fingerprint density at radius 3 is 2.59 bits per heavy atom. The summed E-state index contributed by atoms with van der Waals surface area (Å²) < 4.78 is 36.5. The van der Waals surface area contributed by atoms with Crippen LogP contribution in [-0.4, -0.2) is 36.6 Å². The highest BCUT2D eigenvalue weighted by atomic mass is 35.5. The molecule has 1 aliphatic rings. The highest BCUT2D eigenvalue weighted by Crippen LogP contribution is 2.32. The number of amides is 1. The molecular weight excluding hydrogens is 317 g/mol. The van der Waals surface area contributed by atoms with Crippen LogP contribution in [0.5, 0.6) is 0 Å². The molecule has 2 atom stereocenters. The van der Waals surface area contributed by atoms with Crippen molar-refractivity contribution in [3.8, 4) is 0 Å². The van der Waals surface area contributed by atoms with Gasteiger partial charge in [-0.05, 0) is 31.2 Å². The van der Waals surface area contributed by atoms with E-state index in [2.05, 4.69) is 10.2 Å². The molecule has 0 spiro atoms. The van der Waals surface area contributed by atoms with E-state index in [4.69, 9.17) is 11.6 Å². The molecule has 1 aromatic carbocycles. The van der Waals surface area contributed by atoms with Crippen LogP contribution in [-0.2, 0) is 4.79 Å². The molecule has 0 bridgehead atoms. The van der Waals surface area contributed by atoms with Crippen molar-refractivity contribution >= 4 is 17.5 Å². The van der Waals surface area contributed by atoms with Gasteiger partial charge in [-0.15, -0.1) is 0 Å². The first-order chi connectivity index (χ1) is 10.3. The molecule has 1 N–H and O–H groups in total. The number of nitrogens with zero attached hydrogens (tertiary/aromatic N) is 1. The van der Waals surface area contributed by atoms with Gasteiger partial charge in [0.2, 0.25) is 5.91 Å². The topological polar surface area (TPSA) is 32.3 Å². The largest absolute Gasteiger partial charge is 0.389 e. The van der Waals surface area contributed by atoms with Crippen LogP contribution in [0.4, 0.5) is 13.2 Å². The lowest BCUT2D eigenvalue weighted by Crippen LogP contribution is -2.39. The molecule has 1 aromatic rings. The zero-order valence-corrected chi connectivity index (χ0v) is 12.9. The number of rotatable bonds is 4. The predicted octanol–water partition coefficient (Wildman–Crippen LogP) is 3.54. The van der Waals surface area contributed by atoms with Crippen LogP contribution in [0.2, 0.25) is 5.02 Å². The van der Waals surface area contributed by atoms with Crippen LogP contribution in [0.3, 0.4) is 0 Å². The maximum atomic E-state index is 12.2. The molecule has 1 fully saturated rings. The molecule has 2 rings (SSSR count). The van der Waals surface area contributed by atoms with Crippen molar-refractivity contribution in [3.63, 3.8) is 0 Å². The smallest absolute Gasteiger partial charge is 0.351 e. The van der Waals surface area contributed by atoms with Gasteiger partial charge in [0.15, 0.2) is 0 Å². The highest BCUT2D eigenvalue weighted by molar-refractivity contribution is 6.30. The fraction of sp³-hybridized carbons (Fsp3) is 0.533. The third kappa shape index (κ3) is 4.61. The van der Waals surface area contributed by atoms with Gasteiger partial charge >= 0.3 is 6.18 Å². The first-order valence-electron chi connectivity index (χ1n) is 7.08. The van der Waals surface area contributed by atoms with Gasteiger partial charge in [0.1, 0.15) is 0 Å². The van der Waals surface area contributed by atoms with Crippen molar-refractivity contribution < 1.29 is 18.0 Å². The first-order valence-corrected chi connectivity index (χ1v) is 7.46. The Hall–Kier alpha value is -1.27. The normalized spacial score (nSPS) is 22.8. The van der Waals surface area contributed by atoms with Gasteiger partial charge in [-0.1, -0.05) is 23.7 Å². The average molecular weight is 335 g/mol. The number of hydrogen-bond donors (Lipinski definition) is 1. The van der Waals surface area contributed by atoms with Crippen LogP contribution in [0.25, 0.3) is 0 Å². The van der Waals surface area contributed by atoms with Crippen LogP contribution < -0.4 is 5.32 Å². The Morgan fingerprint density at radius 1 is 1.36 bits per heavy atom. The Bertz CT molecular complexity index is 519. The van der Waals surface area contributed by atoms with Crippen LogP contribution in [0.1, 0.15) is 30.9 Å². The molecule has 7 heteroatoms. The molecule has 0 saturated carbocycles. The van der Waals surface area contributed by atoms with Crippen LogP contribution in [0, 0.1) is 0 Å². The molecule has 0 aliphatic carbocycles. The maximum Gasteiger partial charge on any atom is 0.389 e. The number of nitrogens with one attached hydrogen (secondary N) is 1. The summed E-state index contributed by atoms with van der Waals surface area (Å²) >= 11 is 5.87. The Kier molecular flexibility index (Phi) is 5.34. The number of likely N-dealkylation sites (N-methyl/N-ethyl adjacent to an activating group) is 1. The van der Waals surface area contributed by atoms with Gasteiger partial charge in [0.25, 0.3) is 0 Å². The summed E-state index contributed by atoms with van der Waals surface area (Å²) in [6.45, 7) is 0.775. The maximum absolute atomic E-state index is 12.2. The number of hydrogen-bond acceptors (Lipinski definition) is 2. The van der Waals surface area contributed by atoms with Crippen molar-refractivity contribution in [2.45, 2.75) is 37.5 Å². The van der Waals surface area contributed by atoms with Crippen molar-refractivity contribution in [3.05, 3.63) is 34.9 Å². The van der Waals surface area contributed by atoms with Gasteiger partial charge in [0.05, 0.1) is 12.5 Å². The van der Waals surface area contributed by atoms with Gasteiger partial charge < -0.3 is 5.32 Å². The standard InChI is InChI=1S/C15H18ClF3N2O/c1-21-9-7-12(20-13(22)6-8-15(17,18)19)14(21)10-2-4-11(16)5-3-10/h2-5,12,14H,6-9H2,1H3,(H,20,22)/t12-,14-/m1/s1. The second kappa shape index (κ2) is 6.87. The fourth-order valence-corrected chi connectivity index (χ4v) is 2.90. The fourth-order valence-electron chi connectivity index (χ4n) is 2.78. The summed E-state index contributed by atoms with van der Waals surface area (Å²) in [5, 5.41) is 3.35. The van der Waals surface area contributed by atoms with Crippen LogP contribution in [0.15, 0.2) is 24.3 Å². The van der Waals surface area contributed by atoms with Crippen molar-refractivity contribution in [2.75, 3.05) is 13.6 Å². The molecule has 3 nitrogen and oxygen atoms in total.